The molecule has 4 fully saturated rings. The van der Waals surface area contributed by atoms with E-state index in [9.17, 15) is 0 Å². The summed E-state index contributed by atoms with van der Waals surface area (Å²) in [5.41, 5.74) is 4.22. The molecule has 0 aromatic heterocycles. The average Bonchev–Trinajstić information content (AvgIpc) is 2.35. The van der Waals surface area contributed by atoms with E-state index in [4.69, 9.17) is 0 Å². The van der Waals surface area contributed by atoms with Crippen molar-refractivity contribution in [3.8, 4) is 0 Å². The van der Waals surface area contributed by atoms with E-state index in [-0.39, 0.29) is 0 Å². The van der Waals surface area contributed by atoms with Gasteiger partial charge in [-0.1, -0.05) is 19.1 Å². The van der Waals surface area contributed by atoms with Crippen LogP contribution in [0.5, 0.6) is 0 Å². The summed E-state index contributed by atoms with van der Waals surface area (Å²) in [7, 11) is 0. The molecule has 2 nitrogen and oxygen atoms in total. The van der Waals surface area contributed by atoms with E-state index < -0.39 is 0 Å². The maximum atomic E-state index is 2.53. The van der Waals surface area contributed by atoms with Crippen LogP contribution in [0.3, 0.4) is 0 Å². The lowest BCUT2D eigenvalue weighted by atomic mass is 9.63. The molecule has 0 spiro atoms. The van der Waals surface area contributed by atoms with Crippen molar-refractivity contribution in [3.63, 3.8) is 0 Å². The Bertz CT molecular complexity index is 483. The number of nitrogens with one attached hydrogen (secondary N) is 2. The molecule has 1 aromatic carbocycles. The minimum Gasteiger partial charge on any atom is -0.281 e. The SMILES string of the molecule is CCc1ccc(C2[NH+]3CC4(C)C[NH+]2CC(C)(C3)C4)cc1. The van der Waals surface area contributed by atoms with Crippen molar-refractivity contribution < 1.29 is 9.80 Å². The van der Waals surface area contributed by atoms with Crippen LogP contribution in [0.2, 0.25) is 0 Å². The van der Waals surface area contributed by atoms with Gasteiger partial charge in [0.15, 0.2) is 0 Å². The predicted molar refractivity (Wildman–Crippen MR) is 80.8 cm³/mol. The molecule has 0 amide bonds. The summed E-state index contributed by atoms with van der Waals surface area (Å²) in [6, 6.07) is 9.47. The van der Waals surface area contributed by atoms with E-state index >= 15 is 0 Å². The molecule has 4 saturated heterocycles. The standard InChI is InChI=1S/C18H26N2/c1-4-14-5-7-15(8-6-14)16-19-10-17(2)9-18(3,12-19)13-20(16)11-17/h5-8,16H,4,9-13H2,1-3H3/p+2. The summed E-state index contributed by atoms with van der Waals surface area (Å²) in [6.45, 7) is 12.8. The molecule has 20 heavy (non-hydrogen) atoms. The zero-order chi connectivity index (χ0) is 14.0. The van der Waals surface area contributed by atoms with Gasteiger partial charge in [0.05, 0.1) is 42.6 Å². The topological polar surface area (TPSA) is 8.88 Å². The van der Waals surface area contributed by atoms with Gasteiger partial charge in [-0.15, -0.1) is 0 Å². The number of benzene rings is 1. The van der Waals surface area contributed by atoms with Gasteiger partial charge in [-0.2, -0.15) is 0 Å². The average molecular weight is 272 g/mol. The fraction of sp³-hybridized carbons (Fsp3) is 0.667. The molecular formula is C18H28N2+2. The molecule has 4 aliphatic rings. The van der Waals surface area contributed by atoms with Crippen LogP contribution in [0.1, 0.15) is 44.5 Å². The number of quaternary nitrogens is 2. The highest BCUT2D eigenvalue weighted by molar-refractivity contribution is 5.23. The fourth-order valence-corrected chi connectivity index (χ4v) is 5.84. The van der Waals surface area contributed by atoms with Gasteiger partial charge in [-0.05, 0) is 44.4 Å². The van der Waals surface area contributed by atoms with E-state index in [0.29, 0.717) is 17.0 Å². The lowest BCUT2D eigenvalue weighted by molar-refractivity contribution is -1.18. The second-order valence-electron chi connectivity index (χ2n) is 8.35. The molecule has 0 unspecified atom stereocenters. The van der Waals surface area contributed by atoms with E-state index in [1.807, 2.05) is 9.80 Å². The molecule has 4 aliphatic heterocycles. The first-order valence-corrected chi connectivity index (χ1v) is 8.28. The van der Waals surface area contributed by atoms with Crippen molar-refractivity contribution in [2.75, 3.05) is 26.2 Å². The highest BCUT2D eigenvalue weighted by Gasteiger charge is 2.62. The molecular weight excluding hydrogens is 244 g/mol. The molecule has 108 valence electrons. The monoisotopic (exact) mass is 272 g/mol. The Morgan fingerprint density at radius 3 is 1.90 bits per heavy atom. The van der Waals surface area contributed by atoms with Gasteiger partial charge in [0.1, 0.15) is 0 Å². The summed E-state index contributed by atoms with van der Waals surface area (Å²) >= 11 is 0. The first kappa shape index (κ1) is 12.8. The summed E-state index contributed by atoms with van der Waals surface area (Å²) in [6.07, 6.45) is 3.30. The largest absolute Gasteiger partial charge is 0.281 e. The van der Waals surface area contributed by atoms with Crippen LogP contribution in [-0.4, -0.2) is 26.2 Å². The quantitative estimate of drug-likeness (QED) is 0.774. The summed E-state index contributed by atoms with van der Waals surface area (Å²) < 4.78 is 0. The second-order valence-corrected chi connectivity index (χ2v) is 8.35. The van der Waals surface area contributed by atoms with Gasteiger partial charge in [0.2, 0.25) is 6.17 Å². The summed E-state index contributed by atoms with van der Waals surface area (Å²) in [4.78, 5) is 3.69. The maximum absolute atomic E-state index is 2.53. The highest BCUT2D eigenvalue weighted by atomic mass is 15.4. The van der Waals surface area contributed by atoms with Gasteiger partial charge >= 0.3 is 0 Å². The zero-order valence-electron chi connectivity index (χ0n) is 13.1. The Morgan fingerprint density at radius 1 is 0.950 bits per heavy atom. The molecule has 0 aliphatic carbocycles. The molecule has 0 atom stereocenters. The Labute approximate surface area is 122 Å². The molecule has 2 N–H and O–H groups in total. The lowest BCUT2D eigenvalue weighted by Gasteiger charge is -2.60. The maximum Gasteiger partial charge on any atom is 0.240 e. The van der Waals surface area contributed by atoms with Crippen LogP contribution in [0.15, 0.2) is 24.3 Å². The third-order valence-electron chi connectivity index (χ3n) is 6.01. The Morgan fingerprint density at radius 2 is 1.45 bits per heavy atom. The highest BCUT2D eigenvalue weighted by Crippen LogP contribution is 2.39. The predicted octanol–water partition coefficient (Wildman–Crippen LogP) is 0.461. The molecule has 4 bridgehead atoms. The molecule has 2 heteroatoms. The number of aryl methyl sites for hydroxylation is 1. The molecule has 0 saturated carbocycles. The van der Waals surface area contributed by atoms with Gasteiger partial charge < -0.3 is 0 Å². The van der Waals surface area contributed by atoms with Crippen LogP contribution in [-0.2, 0) is 6.42 Å². The Balaban J connectivity index is 1.67. The van der Waals surface area contributed by atoms with Crippen LogP contribution >= 0.6 is 0 Å². The minimum atomic E-state index is 0.593. The Kier molecular flexibility index (Phi) is 2.62. The normalized spacial score (nSPS) is 45.9. The smallest absolute Gasteiger partial charge is 0.240 e. The van der Waals surface area contributed by atoms with Crippen molar-refractivity contribution in [1.82, 2.24) is 0 Å². The number of hydrogen-bond donors (Lipinski definition) is 2. The van der Waals surface area contributed by atoms with E-state index in [0.717, 1.165) is 6.42 Å². The van der Waals surface area contributed by atoms with Gasteiger partial charge in [0.25, 0.3) is 0 Å². The summed E-state index contributed by atoms with van der Waals surface area (Å²) in [5, 5.41) is 0. The molecule has 1 aromatic rings. The number of piperidine rings is 2. The number of hydrogen-bond acceptors (Lipinski definition) is 0. The van der Waals surface area contributed by atoms with Crippen molar-refractivity contribution in [1.29, 1.82) is 0 Å². The molecule has 0 radical (unpaired) electrons. The fourth-order valence-electron chi connectivity index (χ4n) is 5.84. The van der Waals surface area contributed by atoms with Gasteiger partial charge in [-0.25, -0.2) is 0 Å². The van der Waals surface area contributed by atoms with Crippen molar-refractivity contribution >= 4 is 0 Å². The van der Waals surface area contributed by atoms with Crippen molar-refractivity contribution in [2.45, 2.75) is 39.8 Å². The van der Waals surface area contributed by atoms with Crippen LogP contribution in [0.4, 0.5) is 0 Å². The van der Waals surface area contributed by atoms with Crippen LogP contribution in [0.25, 0.3) is 0 Å². The minimum absolute atomic E-state index is 0.593. The van der Waals surface area contributed by atoms with E-state index in [1.165, 1.54) is 38.2 Å². The first-order chi connectivity index (χ1) is 9.50. The Hall–Kier alpha value is -0.860. The third kappa shape index (κ3) is 1.85. The van der Waals surface area contributed by atoms with Crippen molar-refractivity contribution in [3.05, 3.63) is 35.4 Å². The van der Waals surface area contributed by atoms with E-state index in [2.05, 4.69) is 45.0 Å². The second kappa shape index (κ2) is 4.08. The lowest BCUT2D eigenvalue weighted by Crippen LogP contribution is -3.40. The third-order valence-corrected chi connectivity index (χ3v) is 6.01. The van der Waals surface area contributed by atoms with Crippen molar-refractivity contribution in [2.24, 2.45) is 10.8 Å². The number of rotatable bonds is 2. The summed E-state index contributed by atoms with van der Waals surface area (Å²) in [5.74, 6) is 0. The van der Waals surface area contributed by atoms with E-state index in [1.54, 1.807) is 5.56 Å². The van der Waals surface area contributed by atoms with Gasteiger partial charge in [-0.3, -0.25) is 9.80 Å². The zero-order valence-corrected chi connectivity index (χ0v) is 13.1. The van der Waals surface area contributed by atoms with Crippen LogP contribution < -0.4 is 9.80 Å². The van der Waals surface area contributed by atoms with Gasteiger partial charge in [0, 0.05) is 0 Å². The van der Waals surface area contributed by atoms with Crippen LogP contribution in [0, 0.1) is 10.8 Å². The molecule has 5 rings (SSSR count). The molecule has 4 heterocycles. The first-order valence-electron chi connectivity index (χ1n) is 8.28.